The first kappa shape index (κ1) is 10.9. The predicted octanol–water partition coefficient (Wildman–Crippen LogP) is 1.80. The first-order valence-electron chi connectivity index (χ1n) is 5.54. The highest BCUT2D eigenvalue weighted by Gasteiger charge is 2.19. The van der Waals surface area contributed by atoms with Gasteiger partial charge in [0.2, 0.25) is 0 Å². The van der Waals surface area contributed by atoms with E-state index in [1.165, 1.54) is 19.3 Å². The fraction of sp³-hybridized carbons (Fsp3) is 0.545. The monoisotopic (exact) mass is 221 g/mol. The fourth-order valence-corrected chi connectivity index (χ4v) is 2.18. The van der Waals surface area contributed by atoms with Crippen molar-refractivity contribution in [1.29, 1.82) is 0 Å². The number of hydrogen-bond donors (Lipinski definition) is 2. The Labute approximate surface area is 93.7 Å². The molecule has 1 aromatic heterocycles. The third-order valence-electron chi connectivity index (χ3n) is 3.04. The molecule has 86 valence electrons. The zero-order chi connectivity index (χ0) is 11.5. The van der Waals surface area contributed by atoms with Crippen LogP contribution in [-0.4, -0.2) is 21.0 Å². The summed E-state index contributed by atoms with van der Waals surface area (Å²) in [7, 11) is 0. The number of nitrogens with zero attached hydrogens (tertiary/aromatic N) is 2. The van der Waals surface area contributed by atoms with Crippen LogP contribution in [0.25, 0.3) is 0 Å². The summed E-state index contributed by atoms with van der Waals surface area (Å²) in [6, 6.07) is 0. The van der Waals surface area contributed by atoms with E-state index in [9.17, 15) is 4.79 Å². The second-order valence-electron chi connectivity index (χ2n) is 4.17. The minimum absolute atomic E-state index is 0.0237. The van der Waals surface area contributed by atoms with E-state index in [-0.39, 0.29) is 11.5 Å². The molecule has 0 aliphatic heterocycles. The van der Waals surface area contributed by atoms with Crippen molar-refractivity contribution in [2.45, 2.75) is 38.0 Å². The van der Waals surface area contributed by atoms with Crippen LogP contribution >= 0.6 is 0 Å². The molecule has 1 heterocycles. The standard InChI is InChI=1S/C11H15N3O2/c12-10-9(11(15)16)13-6-8(14-10)7-4-2-1-3-5-7/h6-7H,1-5H2,(H2,12,14)(H,15,16). The maximum atomic E-state index is 10.7. The van der Waals surface area contributed by atoms with E-state index in [0.717, 1.165) is 18.5 Å². The van der Waals surface area contributed by atoms with Gasteiger partial charge in [0.15, 0.2) is 11.5 Å². The molecule has 0 radical (unpaired) electrons. The van der Waals surface area contributed by atoms with Crippen LogP contribution in [0, 0.1) is 0 Å². The second-order valence-corrected chi connectivity index (χ2v) is 4.17. The first-order chi connectivity index (χ1) is 7.68. The second kappa shape index (κ2) is 4.47. The van der Waals surface area contributed by atoms with E-state index in [1.807, 2.05) is 0 Å². The van der Waals surface area contributed by atoms with E-state index >= 15 is 0 Å². The summed E-state index contributed by atoms with van der Waals surface area (Å²) in [6.45, 7) is 0. The average molecular weight is 221 g/mol. The Bertz CT molecular complexity index is 400. The molecule has 1 fully saturated rings. The van der Waals surface area contributed by atoms with Gasteiger partial charge in [-0.1, -0.05) is 19.3 Å². The molecule has 1 aliphatic rings. The topological polar surface area (TPSA) is 89.1 Å². The lowest BCUT2D eigenvalue weighted by Crippen LogP contribution is -2.12. The Kier molecular flexibility index (Phi) is 3.03. The van der Waals surface area contributed by atoms with Crippen LogP contribution in [0.3, 0.4) is 0 Å². The van der Waals surface area contributed by atoms with Gasteiger partial charge in [0.25, 0.3) is 0 Å². The molecule has 0 bridgehead atoms. The van der Waals surface area contributed by atoms with Gasteiger partial charge >= 0.3 is 5.97 Å². The number of rotatable bonds is 2. The van der Waals surface area contributed by atoms with Gasteiger partial charge in [-0.2, -0.15) is 0 Å². The Morgan fingerprint density at radius 2 is 2.06 bits per heavy atom. The Balaban J connectivity index is 2.23. The number of nitrogens with two attached hydrogens (primary N) is 1. The van der Waals surface area contributed by atoms with Crippen molar-refractivity contribution in [2.24, 2.45) is 0 Å². The highest BCUT2D eigenvalue weighted by Crippen LogP contribution is 2.31. The molecule has 2 rings (SSSR count). The van der Waals surface area contributed by atoms with Gasteiger partial charge < -0.3 is 10.8 Å². The van der Waals surface area contributed by atoms with Crippen molar-refractivity contribution in [3.8, 4) is 0 Å². The molecule has 16 heavy (non-hydrogen) atoms. The number of carboxylic acids is 1. The number of carboxylic acid groups (broad SMARTS) is 1. The maximum Gasteiger partial charge on any atom is 0.358 e. The van der Waals surface area contributed by atoms with Crippen LogP contribution in [0.15, 0.2) is 6.20 Å². The summed E-state index contributed by atoms with van der Waals surface area (Å²) in [5.74, 6) is -0.706. The summed E-state index contributed by atoms with van der Waals surface area (Å²) in [4.78, 5) is 18.7. The van der Waals surface area contributed by atoms with Gasteiger partial charge in [-0.05, 0) is 12.8 Å². The minimum Gasteiger partial charge on any atom is -0.476 e. The smallest absolute Gasteiger partial charge is 0.358 e. The maximum absolute atomic E-state index is 10.7. The fourth-order valence-electron chi connectivity index (χ4n) is 2.18. The number of aromatic carboxylic acids is 1. The van der Waals surface area contributed by atoms with Crippen LogP contribution in [0.4, 0.5) is 5.82 Å². The Morgan fingerprint density at radius 1 is 1.38 bits per heavy atom. The largest absolute Gasteiger partial charge is 0.476 e. The first-order valence-corrected chi connectivity index (χ1v) is 5.54. The lowest BCUT2D eigenvalue weighted by Gasteiger charge is -2.20. The summed E-state index contributed by atoms with van der Waals surface area (Å²) in [5, 5.41) is 8.78. The minimum atomic E-state index is -1.12. The van der Waals surface area contributed by atoms with Crippen LogP contribution in [0.1, 0.15) is 54.2 Å². The van der Waals surface area contributed by atoms with E-state index in [1.54, 1.807) is 6.20 Å². The van der Waals surface area contributed by atoms with E-state index in [0.29, 0.717) is 5.92 Å². The molecule has 0 unspecified atom stereocenters. The Morgan fingerprint density at radius 3 is 2.62 bits per heavy atom. The van der Waals surface area contributed by atoms with Crippen LogP contribution < -0.4 is 5.73 Å². The molecule has 0 atom stereocenters. The third-order valence-corrected chi connectivity index (χ3v) is 3.04. The SMILES string of the molecule is Nc1nc(C2CCCCC2)cnc1C(=O)O. The molecule has 0 spiro atoms. The van der Waals surface area contributed by atoms with Gasteiger partial charge in [0.05, 0.1) is 5.69 Å². The summed E-state index contributed by atoms with van der Waals surface area (Å²) in [6.07, 6.45) is 7.42. The third kappa shape index (κ3) is 2.13. The molecular formula is C11H15N3O2. The van der Waals surface area contributed by atoms with Gasteiger partial charge in [-0.3, -0.25) is 0 Å². The predicted molar refractivity (Wildman–Crippen MR) is 59.2 cm³/mol. The Hall–Kier alpha value is -1.65. The van der Waals surface area contributed by atoms with Gasteiger partial charge in [0.1, 0.15) is 0 Å². The zero-order valence-electron chi connectivity index (χ0n) is 9.02. The van der Waals surface area contributed by atoms with E-state index in [2.05, 4.69) is 9.97 Å². The highest BCUT2D eigenvalue weighted by atomic mass is 16.4. The molecule has 0 saturated heterocycles. The average Bonchev–Trinajstić information content (AvgIpc) is 2.29. The number of carbonyl (C=O) groups is 1. The molecule has 5 nitrogen and oxygen atoms in total. The number of anilines is 1. The molecule has 0 amide bonds. The van der Waals surface area contributed by atoms with Crippen LogP contribution in [0.2, 0.25) is 0 Å². The number of hydrogen-bond acceptors (Lipinski definition) is 4. The van der Waals surface area contributed by atoms with Gasteiger partial charge in [0, 0.05) is 12.1 Å². The van der Waals surface area contributed by atoms with Crippen molar-refractivity contribution in [3.05, 3.63) is 17.6 Å². The molecule has 1 aromatic rings. The zero-order valence-corrected chi connectivity index (χ0v) is 9.02. The van der Waals surface area contributed by atoms with E-state index < -0.39 is 5.97 Å². The molecule has 0 aromatic carbocycles. The van der Waals surface area contributed by atoms with Crippen LogP contribution in [-0.2, 0) is 0 Å². The highest BCUT2D eigenvalue weighted by molar-refractivity contribution is 5.90. The van der Waals surface area contributed by atoms with E-state index in [4.69, 9.17) is 10.8 Å². The molecule has 1 saturated carbocycles. The number of aromatic nitrogens is 2. The van der Waals surface area contributed by atoms with Gasteiger partial charge in [-0.25, -0.2) is 14.8 Å². The normalized spacial score (nSPS) is 17.2. The van der Waals surface area contributed by atoms with Crippen molar-refractivity contribution in [2.75, 3.05) is 5.73 Å². The molecule has 1 aliphatic carbocycles. The molecular weight excluding hydrogens is 206 g/mol. The number of nitrogen functional groups attached to an aromatic ring is 1. The quantitative estimate of drug-likeness (QED) is 0.794. The van der Waals surface area contributed by atoms with Gasteiger partial charge in [-0.15, -0.1) is 0 Å². The molecule has 3 N–H and O–H groups in total. The summed E-state index contributed by atoms with van der Waals surface area (Å²) < 4.78 is 0. The van der Waals surface area contributed by atoms with Crippen molar-refractivity contribution in [3.63, 3.8) is 0 Å². The lowest BCUT2D eigenvalue weighted by atomic mass is 9.87. The summed E-state index contributed by atoms with van der Waals surface area (Å²) >= 11 is 0. The van der Waals surface area contributed by atoms with Crippen molar-refractivity contribution < 1.29 is 9.90 Å². The van der Waals surface area contributed by atoms with Crippen molar-refractivity contribution in [1.82, 2.24) is 9.97 Å². The molecule has 5 heteroatoms. The summed E-state index contributed by atoms with van der Waals surface area (Å²) in [5.41, 5.74) is 6.26. The van der Waals surface area contributed by atoms with Crippen LogP contribution in [0.5, 0.6) is 0 Å². The van der Waals surface area contributed by atoms with Crippen molar-refractivity contribution >= 4 is 11.8 Å². The lowest BCUT2D eigenvalue weighted by molar-refractivity contribution is 0.0691.